The number of rotatable bonds is 10. The lowest BCUT2D eigenvalue weighted by molar-refractivity contribution is -0.151. The number of carbonyl (C=O) groups excluding carboxylic acids is 6. The topological polar surface area (TPSA) is 189 Å². The van der Waals surface area contributed by atoms with Gasteiger partial charge < -0.3 is 20.3 Å². The molecule has 8 rings (SSSR count). The summed E-state index contributed by atoms with van der Waals surface area (Å²) in [7, 11) is 1.53. The van der Waals surface area contributed by atoms with E-state index in [4.69, 9.17) is 4.74 Å². The number of amides is 6. The zero-order valence-corrected chi connectivity index (χ0v) is 31.8. The van der Waals surface area contributed by atoms with E-state index >= 15 is 0 Å². The normalized spacial score (nSPS) is 18.0. The molecule has 5 heterocycles. The van der Waals surface area contributed by atoms with E-state index in [1.165, 1.54) is 13.2 Å². The second kappa shape index (κ2) is 15.7. The molecule has 2 fully saturated rings. The zero-order chi connectivity index (χ0) is 40.5. The van der Waals surface area contributed by atoms with E-state index in [1.54, 1.807) is 66.3 Å². The predicted octanol–water partition coefficient (Wildman–Crippen LogP) is 4.47. The molecule has 2 saturated heterocycles. The smallest absolute Gasteiger partial charge is 0.269 e. The molecule has 6 amide bonds. The van der Waals surface area contributed by atoms with Gasteiger partial charge in [-0.3, -0.25) is 43.6 Å². The Labute approximate surface area is 332 Å². The average molecular weight is 782 g/mol. The molecule has 294 valence electrons. The number of carbonyl (C=O) groups is 6. The molecule has 0 radical (unpaired) electrons. The summed E-state index contributed by atoms with van der Waals surface area (Å²) >= 11 is 0. The lowest BCUT2D eigenvalue weighted by Gasteiger charge is -2.35. The number of fused-ring (bicyclic) bond motifs is 1. The first-order valence-corrected chi connectivity index (χ1v) is 19.0. The fourth-order valence-electron chi connectivity index (χ4n) is 7.69. The Morgan fingerprint density at radius 1 is 0.914 bits per heavy atom. The van der Waals surface area contributed by atoms with Gasteiger partial charge in [-0.2, -0.15) is 0 Å². The highest BCUT2D eigenvalue weighted by Crippen LogP contribution is 2.37. The lowest BCUT2D eigenvalue weighted by Crippen LogP contribution is -2.56. The molecule has 3 aromatic carbocycles. The minimum absolute atomic E-state index is 0.0703. The molecule has 2 N–H and O–H groups in total. The number of benzene rings is 3. The Balaban J connectivity index is 0.922. The van der Waals surface area contributed by atoms with Crippen LogP contribution in [0.5, 0.6) is 11.5 Å². The fraction of sp³-hybridized carbons (Fsp3) is 0.262. The number of nitrogens with zero attached hydrogens (tertiary/aromatic N) is 7. The third-order valence-electron chi connectivity index (χ3n) is 10.6. The Bertz CT molecular complexity index is 2470. The Kier molecular flexibility index (Phi) is 10.2. The SMILES string of the molecule is CCN1C(=O)CCC(N2C(=O)c3cccc(N4CCCC(C(=O)Nc5cccc(-c6cn(-c7ccc(Oc8ccnc(C(=O)NC)c8)cc7)nn6)c5)C4)c3C2=O)C1=O. The van der Waals surface area contributed by atoms with Gasteiger partial charge >= 0.3 is 0 Å². The molecule has 16 heteroatoms. The molecule has 3 aliphatic rings. The average Bonchev–Trinajstić information content (AvgIpc) is 3.84. The van der Waals surface area contributed by atoms with E-state index in [2.05, 4.69) is 25.9 Å². The first kappa shape index (κ1) is 37.7. The van der Waals surface area contributed by atoms with Crippen LogP contribution in [-0.2, 0) is 14.4 Å². The third-order valence-corrected chi connectivity index (χ3v) is 10.6. The van der Waals surface area contributed by atoms with E-state index in [1.807, 2.05) is 35.2 Å². The van der Waals surface area contributed by atoms with E-state index < -0.39 is 29.7 Å². The first-order valence-electron chi connectivity index (χ1n) is 19.0. The van der Waals surface area contributed by atoms with Crippen molar-refractivity contribution in [2.45, 2.75) is 38.6 Å². The third kappa shape index (κ3) is 7.15. The Morgan fingerprint density at radius 2 is 1.72 bits per heavy atom. The number of nitrogens with one attached hydrogen (secondary N) is 2. The molecule has 16 nitrogen and oxygen atoms in total. The minimum Gasteiger partial charge on any atom is -0.457 e. The van der Waals surface area contributed by atoms with Gasteiger partial charge in [0.05, 0.1) is 34.6 Å². The van der Waals surface area contributed by atoms with Gasteiger partial charge in [0.25, 0.3) is 23.6 Å². The lowest BCUT2D eigenvalue weighted by atomic mass is 9.95. The van der Waals surface area contributed by atoms with Gasteiger partial charge in [-0.05, 0) is 80.8 Å². The quantitative estimate of drug-likeness (QED) is 0.190. The number of ether oxygens (including phenoxy) is 1. The fourth-order valence-corrected chi connectivity index (χ4v) is 7.69. The van der Waals surface area contributed by atoms with Crippen LogP contribution in [0.4, 0.5) is 11.4 Å². The predicted molar refractivity (Wildman–Crippen MR) is 210 cm³/mol. The van der Waals surface area contributed by atoms with Crippen LogP contribution in [0.2, 0.25) is 0 Å². The van der Waals surface area contributed by atoms with Crippen molar-refractivity contribution in [1.29, 1.82) is 0 Å². The number of likely N-dealkylation sites (N-methyl/N-ethyl adjacent to an activating group) is 1. The number of piperidine rings is 2. The molecule has 2 unspecified atom stereocenters. The number of pyridine rings is 1. The number of hydrogen-bond acceptors (Lipinski definition) is 11. The number of aromatic nitrogens is 4. The van der Waals surface area contributed by atoms with Crippen LogP contribution >= 0.6 is 0 Å². The summed E-state index contributed by atoms with van der Waals surface area (Å²) in [6.07, 6.45) is 4.75. The maximum atomic E-state index is 13.9. The summed E-state index contributed by atoms with van der Waals surface area (Å²) in [5.74, 6) is -1.86. The zero-order valence-electron chi connectivity index (χ0n) is 31.8. The van der Waals surface area contributed by atoms with E-state index in [-0.39, 0.29) is 53.9 Å². The van der Waals surface area contributed by atoms with Gasteiger partial charge in [-0.25, -0.2) is 4.68 Å². The summed E-state index contributed by atoms with van der Waals surface area (Å²) in [5.41, 5.74) is 3.87. The van der Waals surface area contributed by atoms with Crippen molar-refractivity contribution in [3.63, 3.8) is 0 Å². The summed E-state index contributed by atoms with van der Waals surface area (Å²) < 4.78 is 7.54. The van der Waals surface area contributed by atoms with Gasteiger partial charge in [-0.15, -0.1) is 5.10 Å². The van der Waals surface area contributed by atoms with E-state index in [0.29, 0.717) is 54.5 Å². The number of likely N-dealkylation sites (tertiary alicyclic amines) is 1. The molecule has 3 aliphatic heterocycles. The number of hydrogen-bond donors (Lipinski definition) is 2. The van der Waals surface area contributed by atoms with Gasteiger partial charge in [-0.1, -0.05) is 23.4 Å². The molecular formula is C42H39N9O7. The molecule has 0 aliphatic carbocycles. The molecule has 0 saturated carbocycles. The standard InChI is InChI=1S/C42H39N9O7/c1-3-49-36(52)17-16-35(41(49)56)51-40(55)31-10-5-11-34(37(31)42(51)57)48-20-6-8-26(23-48)38(53)45-27-9-4-7-25(21-27)33-24-50(47-46-33)28-12-14-29(15-13-28)58-30-18-19-44-32(22-30)39(54)43-2/h4-5,7,9-15,18-19,21-22,24,26,35H,3,6,8,16-17,20,23H2,1-2H3,(H,43,54)(H,45,53). The van der Waals surface area contributed by atoms with Gasteiger partial charge in [0.2, 0.25) is 11.8 Å². The Hall–Kier alpha value is -7.23. The highest BCUT2D eigenvalue weighted by molar-refractivity contribution is 6.25. The van der Waals surface area contributed by atoms with Crippen LogP contribution in [0.1, 0.15) is 63.8 Å². The van der Waals surface area contributed by atoms with Crippen molar-refractivity contribution in [3.05, 3.63) is 108 Å². The van der Waals surface area contributed by atoms with Crippen molar-refractivity contribution >= 4 is 46.8 Å². The van der Waals surface area contributed by atoms with Crippen LogP contribution in [-0.4, -0.2) is 97.9 Å². The Morgan fingerprint density at radius 3 is 2.52 bits per heavy atom. The molecule has 58 heavy (non-hydrogen) atoms. The van der Waals surface area contributed by atoms with Crippen molar-refractivity contribution in [2.75, 3.05) is 36.9 Å². The maximum Gasteiger partial charge on any atom is 0.269 e. The maximum absolute atomic E-state index is 13.9. The second-order valence-corrected chi connectivity index (χ2v) is 14.2. The monoisotopic (exact) mass is 781 g/mol. The first-order chi connectivity index (χ1) is 28.1. The van der Waals surface area contributed by atoms with Crippen LogP contribution in [0.3, 0.4) is 0 Å². The molecular weight excluding hydrogens is 743 g/mol. The summed E-state index contributed by atoms with van der Waals surface area (Å²) in [4.78, 5) is 86.7. The summed E-state index contributed by atoms with van der Waals surface area (Å²) in [5, 5.41) is 14.2. The van der Waals surface area contributed by atoms with Crippen molar-refractivity contribution in [2.24, 2.45) is 5.92 Å². The van der Waals surface area contributed by atoms with Gasteiger partial charge in [0.1, 0.15) is 28.9 Å². The summed E-state index contributed by atoms with van der Waals surface area (Å²) in [6, 6.07) is 21.8. The van der Waals surface area contributed by atoms with Crippen LogP contribution in [0, 0.1) is 5.92 Å². The van der Waals surface area contributed by atoms with Crippen molar-refractivity contribution in [1.82, 2.24) is 35.1 Å². The van der Waals surface area contributed by atoms with E-state index in [9.17, 15) is 28.8 Å². The molecule has 0 spiro atoms. The number of imide groups is 2. The van der Waals surface area contributed by atoms with E-state index in [0.717, 1.165) is 21.1 Å². The highest BCUT2D eigenvalue weighted by atomic mass is 16.5. The second-order valence-electron chi connectivity index (χ2n) is 14.2. The van der Waals surface area contributed by atoms with Gasteiger partial charge in [0, 0.05) is 56.6 Å². The largest absolute Gasteiger partial charge is 0.457 e. The molecule has 5 aromatic rings. The van der Waals surface area contributed by atoms with Crippen LogP contribution in [0.15, 0.2) is 91.3 Å². The molecule has 2 aromatic heterocycles. The van der Waals surface area contributed by atoms with Crippen molar-refractivity contribution in [3.8, 4) is 28.4 Å². The molecule has 2 atom stereocenters. The molecule has 0 bridgehead atoms. The highest BCUT2D eigenvalue weighted by Gasteiger charge is 2.48. The van der Waals surface area contributed by atoms with Crippen molar-refractivity contribution < 1.29 is 33.5 Å². The van der Waals surface area contributed by atoms with Crippen LogP contribution in [0.25, 0.3) is 16.9 Å². The van der Waals surface area contributed by atoms with Gasteiger partial charge in [0.15, 0.2) is 0 Å². The number of anilines is 2. The minimum atomic E-state index is -1.05. The summed E-state index contributed by atoms with van der Waals surface area (Å²) in [6.45, 7) is 2.75. The van der Waals surface area contributed by atoms with Crippen LogP contribution < -0.4 is 20.3 Å².